The number of nitrogens with one attached hydrogen (secondary N) is 1. The van der Waals surface area contributed by atoms with Crippen LogP contribution in [0, 0.1) is 5.41 Å². The highest BCUT2D eigenvalue weighted by Crippen LogP contribution is 2.40. The fraction of sp³-hybridized carbons (Fsp3) is 0.600. The van der Waals surface area contributed by atoms with E-state index in [1.54, 1.807) is 0 Å². The fourth-order valence-corrected chi connectivity index (χ4v) is 3.17. The summed E-state index contributed by atoms with van der Waals surface area (Å²) >= 11 is 12.2. The first-order valence-electron chi connectivity index (χ1n) is 6.96. The van der Waals surface area contributed by atoms with Crippen molar-refractivity contribution in [1.82, 2.24) is 10.2 Å². The van der Waals surface area contributed by atoms with Gasteiger partial charge in [0.15, 0.2) is 0 Å². The molecule has 0 spiro atoms. The molecular formula is C15H22Cl2N2O. The van der Waals surface area contributed by atoms with Crippen LogP contribution in [0.5, 0.6) is 0 Å². The van der Waals surface area contributed by atoms with Gasteiger partial charge >= 0.3 is 0 Å². The summed E-state index contributed by atoms with van der Waals surface area (Å²) in [6, 6.07) is 5.90. The lowest BCUT2D eigenvalue weighted by molar-refractivity contribution is 0.0305. The third-order valence-corrected chi connectivity index (χ3v) is 4.66. The van der Waals surface area contributed by atoms with Crippen molar-refractivity contribution in [3.8, 4) is 0 Å². The van der Waals surface area contributed by atoms with Crippen molar-refractivity contribution in [3.05, 3.63) is 33.8 Å². The molecule has 1 heterocycles. The van der Waals surface area contributed by atoms with Gasteiger partial charge < -0.3 is 10.4 Å². The highest BCUT2D eigenvalue weighted by Gasteiger charge is 2.35. The molecule has 2 rings (SSSR count). The van der Waals surface area contributed by atoms with Gasteiger partial charge in [-0.15, -0.1) is 0 Å². The zero-order valence-corrected chi connectivity index (χ0v) is 13.5. The molecule has 20 heavy (non-hydrogen) atoms. The van der Waals surface area contributed by atoms with Gasteiger partial charge in [-0.1, -0.05) is 43.1 Å². The number of benzene rings is 1. The number of aliphatic hydroxyl groups is 1. The van der Waals surface area contributed by atoms with Crippen LogP contribution >= 0.6 is 23.2 Å². The lowest BCUT2D eigenvalue weighted by atomic mass is 9.80. The van der Waals surface area contributed by atoms with Gasteiger partial charge in [0.2, 0.25) is 0 Å². The Balaban J connectivity index is 2.36. The molecule has 0 radical (unpaired) electrons. The Morgan fingerprint density at radius 3 is 2.45 bits per heavy atom. The molecule has 1 atom stereocenters. The van der Waals surface area contributed by atoms with E-state index >= 15 is 0 Å². The zero-order valence-electron chi connectivity index (χ0n) is 12.0. The van der Waals surface area contributed by atoms with Crippen LogP contribution < -0.4 is 5.32 Å². The van der Waals surface area contributed by atoms with E-state index in [0.717, 1.165) is 31.7 Å². The number of hydrogen-bond donors (Lipinski definition) is 2. The number of hydrogen-bond acceptors (Lipinski definition) is 3. The lowest BCUT2D eigenvalue weighted by Crippen LogP contribution is -2.49. The molecule has 1 aromatic rings. The van der Waals surface area contributed by atoms with E-state index in [2.05, 4.69) is 24.1 Å². The molecule has 0 aromatic heterocycles. The van der Waals surface area contributed by atoms with Crippen LogP contribution in [0.3, 0.4) is 0 Å². The van der Waals surface area contributed by atoms with E-state index in [1.165, 1.54) is 0 Å². The van der Waals surface area contributed by atoms with E-state index in [0.29, 0.717) is 10.0 Å². The van der Waals surface area contributed by atoms with Crippen LogP contribution in [0.2, 0.25) is 10.0 Å². The number of nitrogens with zero attached hydrogens (tertiary/aromatic N) is 1. The van der Waals surface area contributed by atoms with Crippen LogP contribution in [-0.4, -0.2) is 42.8 Å². The van der Waals surface area contributed by atoms with Crippen molar-refractivity contribution in [2.24, 2.45) is 5.41 Å². The molecule has 5 heteroatoms. The number of halogens is 2. The first-order valence-corrected chi connectivity index (χ1v) is 7.72. The van der Waals surface area contributed by atoms with E-state index in [9.17, 15) is 5.11 Å². The molecule has 1 aliphatic heterocycles. The van der Waals surface area contributed by atoms with Gasteiger partial charge in [-0.3, -0.25) is 4.90 Å². The average Bonchev–Trinajstić information content (AvgIpc) is 2.44. The maximum atomic E-state index is 9.78. The predicted octanol–water partition coefficient (Wildman–Crippen LogP) is 2.96. The maximum Gasteiger partial charge on any atom is 0.0595 e. The molecule has 1 saturated heterocycles. The Hall–Kier alpha value is -0.320. The molecule has 1 aromatic carbocycles. The van der Waals surface area contributed by atoms with Crippen molar-refractivity contribution >= 4 is 23.2 Å². The fourth-order valence-electron chi connectivity index (χ4n) is 2.87. The Morgan fingerprint density at radius 1 is 1.25 bits per heavy atom. The molecule has 0 bridgehead atoms. The average molecular weight is 317 g/mol. The van der Waals surface area contributed by atoms with Crippen LogP contribution in [0.4, 0.5) is 0 Å². The van der Waals surface area contributed by atoms with E-state index < -0.39 is 0 Å². The maximum absolute atomic E-state index is 9.78. The van der Waals surface area contributed by atoms with Crippen LogP contribution in [0.1, 0.15) is 25.5 Å². The van der Waals surface area contributed by atoms with Gasteiger partial charge in [0, 0.05) is 44.2 Å². The molecule has 2 N–H and O–H groups in total. The Bertz CT molecular complexity index is 459. The first-order chi connectivity index (χ1) is 9.45. The molecule has 1 aliphatic rings. The van der Waals surface area contributed by atoms with Gasteiger partial charge in [0.25, 0.3) is 0 Å². The third kappa shape index (κ3) is 3.46. The second-order valence-corrected chi connectivity index (χ2v) is 6.82. The van der Waals surface area contributed by atoms with Gasteiger partial charge in [-0.2, -0.15) is 0 Å². The van der Waals surface area contributed by atoms with Crippen LogP contribution in [0.15, 0.2) is 18.2 Å². The number of aliphatic hydroxyl groups excluding tert-OH is 1. The summed E-state index contributed by atoms with van der Waals surface area (Å²) in [7, 11) is 0. The topological polar surface area (TPSA) is 35.5 Å². The van der Waals surface area contributed by atoms with Crippen molar-refractivity contribution in [2.45, 2.75) is 19.9 Å². The molecule has 0 aliphatic carbocycles. The zero-order chi connectivity index (χ0) is 14.8. The molecular weight excluding hydrogens is 295 g/mol. The molecule has 0 saturated carbocycles. The monoisotopic (exact) mass is 316 g/mol. The SMILES string of the molecule is CC(C)(CO)[C@H](c1ccc(Cl)c(Cl)c1)N1CCNCC1. The smallest absolute Gasteiger partial charge is 0.0595 e. The summed E-state index contributed by atoms with van der Waals surface area (Å²) in [6.07, 6.45) is 0. The number of piperazine rings is 1. The van der Waals surface area contributed by atoms with E-state index in [1.807, 2.05) is 18.2 Å². The van der Waals surface area contributed by atoms with Gasteiger partial charge in [-0.05, 0) is 17.7 Å². The highest BCUT2D eigenvalue weighted by molar-refractivity contribution is 6.42. The summed E-state index contributed by atoms with van der Waals surface area (Å²) in [5.74, 6) is 0. The van der Waals surface area contributed by atoms with Crippen molar-refractivity contribution in [3.63, 3.8) is 0 Å². The number of rotatable bonds is 4. The van der Waals surface area contributed by atoms with Crippen molar-refractivity contribution < 1.29 is 5.11 Å². The Kier molecular flexibility index (Phi) is 5.32. The summed E-state index contributed by atoms with van der Waals surface area (Å²) in [4.78, 5) is 2.41. The van der Waals surface area contributed by atoms with Crippen LogP contribution in [-0.2, 0) is 0 Å². The van der Waals surface area contributed by atoms with E-state index in [-0.39, 0.29) is 18.1 Å². The lowest BCUT2D eigenvalue weighted by Gasteiger charge is -2.43. The second-order valence-electron chi connectivity index (χ2n) is 6.01. The molecule has 3 nitrogen and oxygen atoms in total. The summed E-state index contributed by atoms with van der Waals surface area (Å²) < 4.78 is 0. The van der Waals surface area contributed by atoms with Gasteiger partial charge in [-0.25, -0.2) is 0 Å². The summed E-state index contributed by atoms with van der Waals surface area (Å²) in [5.41, 5.74) is 0.870. The first kappa shape index (κ1) is 16.1. The minimum Gasteiger partial charge on any atom is -0.396 e. The van der Waals surface area contributed by atoms with Gasteiger partial charge in [0.1, 0.15) is 0 Å². The second kappa shape index (κ2) is 6.63. The quantitative estimate of drug-likeness (QED) is 0.896. The highest BCUT2D eigenvalue weighted by atomic mass is 35.5. The standard InChI is InChI=1S/C15H22Cl2N2O/c1-15(2,10-20)14(19-7-5-18-6-8-19)11-3-4-12(16)13(17)9-11/h3-4,9,14,18,20H,5-8,10H2,1-2H3/t14-/m0/s1. The molecule has 1 fully saturated rings. The van der Waals surface area contributed by atoms with Crippen LogP contribution in [0.25, 0.3) is 0 Å². The summed E-state index contributed by atoms with van der Waals surface area (Å²) in [5, 5.41) is 14.3. The normalized spacial score (nSPS) is 19.1. The third-order valence-electron chi connectivity index (χ3n) is 3.92. The minimum absolute atomic E-state index is 0.127. The van der Waals surface area contributed by atoms with E-state index in [4.69, 9.17) is 23.2 Å². The van der Waals surface area contributed by atoms with Gasteiger partial charge in [0.05, 0.1) is 10.0 Å². The molecule has 112 valence electrons. The largest absolute Gasteiger partial charge is 0.396 e. The Labute approximate surface area is 130 Å². The predicted molar refractivity (Wildman–Crippen MR) is 84.5 cm³/mol. The summed E-state index contributed by atoms with van der Waals surface area (Å²) in [6.45, 7) is 8.17. The van der Waals surface area contributed by atoms with Crippen molar-refractivity contribution in [2.75, 3.05) is 32.8 Å². The molecule has 0 unspecified atom stereocenters. The van der Waals surface area contributed by atoms with Crippen molar-refractivity contribution in [1.29, 1.82) is 0 Å². The minimum atomic E-state index is -0.242. The molecule has 0 amide bonds. The Morgan fingerprint density at radius 2 is 1.90 bits per heavy atom.